The van der Waals surface area contributed by atoms with Crippen LogP contribution in [0.2, 0.25) is 0 Å². The van der Waals surface area contributed by atoms with Crippen molar-refractivity contribution in [2.24, 2.45) is 11.8 Å². The normalized spacial score (nSPS) is 20.9. The Morgan fingerprint density at radius 3 is 2.67 bits per heavy atom. The van der Waals surface area contributed by atoms with E-state index < -0.39 is 0 Å². The SMILES string of the molecule is CCC(=O)CCCn1cc2c3c(cccc31)C1=C[C@@H](C(=O)C[C@@H](C)C(=O)CC)CN(C)[C@@H]1C2. The zero-order chi connectivity index (χ0) is 23.7. The minimum absolute atomic E-state index is 0.159. The van der Waals surface area contributed by atoms with Gasteiger partial charge in [-0.15, -0.1) is 0 Å². The molecular weight excluding hydrogens is 412 g/mol. The van der Waals surface area contributed by atoms with Gasteiger partial charge in [-0.3, -0.25) is 19.3 Å². The Labute approximate surface area is 196 Å². The Bertz CT molecular complexity index is 1110. The molecule has 0 saturated carbocycles. The maximum absolute atomic E-state index is 13.1. The number of hydrogen-bond donors (Lipinski definition) is 0. The maximum atomic E-state index is 13.1. The van der Waals surface area contributed by atoms with Crippen molar-refractivity contribution in [3.8, 4) is 0 Å². The van der Waals surface area contributed by atoms with Crippen LogP contribution in [-0.2, 0) is 27.3 Å². The summed E-state index contributed by atoms with van der Waals surface area (Å²) in [7, 11) is 2.11. The van der Waals surface area contributed by atoms with E-state index in [4.69, 9.17) is 0 Å². The zero-order valence-corrected chi connectivity index (χ0v) is 20.4. The van der Waals surface area contributed by atoms with Gasteiger partial charge in [-0.1, -0.05) is 39.0 Å². The maximum Gasteiger partial charge on any atom is 0.141 e. The lowest BCUT2D eigenvalue weighted by Crippen LogP contribution is -2.44. The van der Waals surface area contributed by atoms with Crippen LogP contribution in [0.25, 0.3) is 16.5 Å². The van der Waals surface area contributed by atoms with Crippen LogP contribution in [0.5, 0.6) is 0 Å². The highest BCUT2D eigenvalue weighted by Gasteiger charge is 2.36. The number of benzene rings is 1. The number of aromatic nitrogens is 1. The number of carbonyl (C=O) groups is 3. The molecule has 0 amide bonds. The van der Waals surface area contributed by atoms with Gasteiger partial charge in [0.15, 0.2) is 0 Å². The molecule has 0 N–H and O–H groups in total. The fourth-order valence-corrected chi connectivity index (χ4v) is 5.55. The monoisotopic (exact) mass is 448 g/mol. The molecule has 2 aliphatic rings. The molecule has 0 fully saturated rings. The highest BCUT2D eigenvalue weighted by atomic mass is 16.1. The molecule has 5 heteroatoms. The predicted octanol–water partition coefficient (Wildman–Crippen LogP) is 4.84. The van der Waals surface area contributed by atoms with Gasteiger partial charge >= 0.3 is 0 Å². The Morgan fingerprint density at radius 1 is 1.15 bits per heavy atom. The van der Waals surface area contributed by atoms with Crippen molar-refractivity contribution in [2.45, 2.75) is 71.9 Å². The fourth-order valence-electron chi connectivity index (χ4n) is 5.55. The first-order chi connectivity index (χ1) is 15.8. The van der Waals surface area contributed by atoms with E-state index >= 15 is 0 Å². The van der Waals surface area contributed by atoms with E-state index in [1.54, 1.807) is 0 Å². The van der Waals surface area contributed by atoms with Crippen molar-refractivity contribution in [3.05, 3.63) is 41.6 Å². The summed E-state index contributed by atoms with van der Waals surface area (Å²) in [6, 6.07) is 6.71. The molecule has 0 bridgehead atoms. The molecule has 1 aliphatic carbocycles. The molecule has 1 aromatic carbocycles. The first-order valence-corrected chi connectivity index (χ1v) is 12.4. The average Bonchev–Trinajstić information content (AvgIpc) is 3.17. The van der Waals surface area contributed by atoms with Gasteiger partial charge in [0.05, 0.1) is 0 Å². The second kappa shape index (κ2) is 9.76. The number of likely N-dealkylation sites (N-methyl/N-ethyl adjacent to an activating group) is 1. The van der Waals surface area contributed by atoms with Crippen LogP contribution in [0.1, 0.15) is 64.0 Å². The number of fused-ring (bicyclic) bond motifs is 2. The second-order valence-electron chi connectivity index (χ2n) is 9.82. The van der Waals surface area contributed by atoms with Crippen LogP contribution in [0.3, 0.4) is 0 Å². The van der Waals surface area contributed by atoms with Gasteiger partial charge in [0.1, 0.15) is 17.3 Å². The summed E-state index contributed by atoms with van der Waals surface area (Å²) in [4.78, 5) is 39.1. The van der Waals surface area contributed by atoms with Crippen molar-refractivity contribution >= 4 is 33.8 Å². The highest BCUT2D eigenvalue weighted by Crippen LogP contribution is 2.42. The molecule has 0 unspecified atom stereocenters. The third-order valence-corrected chi connectivity index (χ3v) is 7.53. The molecule has 2 aromatic rings. The number of hydrogen-bond acceptors (Lipinski definition) is 4. The summed E-state index contributed by atoms with van der Waals surface area (Å²) in [6.45, 7) is 7.20. The molecule has 4 rings (SSSR count). The standard InChI is InChI=1S/C28H36N2O3/c1-5-21(31)9-8-12-30-17-20-15-25-23(22-10-7-11-24(30)28(20)22)14-19(16-29(25)4)27(33)13-18(3)26(32)6-2/h7,10-11,14,17-19,25H,5-6,8-9,12-13,15-16H2,1-4H3/t18-,19-,25-/m1/s1. The first-order valence-electron chi connectivity index (χ1n) is 12.4. The third-order valence-electron chi connectivity index (χ3n) is 7.53. The lowest BCUT2D eigenvalue weighted by molar-refractivity contribution is -0.128. The van der Waals surface area contributed by atoms with E-state index in [9.17, 15) is 14.4 Å². The van der Waals surface area contributed by atoms with Crippen molar-refractivity contribution < 1.29 is 14.4 Å². The first kappa shape index (κ1) is 23.6. The number of rotatable bonds is 10. The Balaban J connectivity index is 1.63. The van der Waals surface area contributed by atoms with Gasteiger partial charge in [0.2, 0.25) is 0 Å². The number of nitrogens with zero attached hydrogens (tertiary/aromatic N) is 2. The summed E-state index contributed by atoms with van der Waals surface area (Å²) in [5.74, 6) is 0.261. The Morgan fingerprint density at radius 2 is 1.94 bits per heavy atom. The highest BCUT2D eigenvalue weighted by molar-refractivity contribution is 6.00. The van der Waals surface area contributed by atoms with Gasteiger partial charge in [0.25, 0.3) is 0 Å². The summed E-state index contributed by atoms with van der Waals surface area (Å²) >= 11 is 0. The Hall–Kier alpha value is -2.53. The topological polar surface area (TPSA) is 59.4 Å². The predicted molar refractivity (Wildman–Crippen MR) is 132 cm³/mol. The van der Waals surface area contributed by atoms with E-state index in [2.05, 4.69) is 47.0 Å². The lowest BCUT2D eigenvalue weighted by Gasteiger charge is -2.39. The molecule has 2 heterocycles. The number of aryl methyl sites for hydroxylation is 1. The van der Waals surface area contributed by atoms with Crippen LogP contribution in [-0.4, -0.2) is 46.5 Å². The van der Waals surface area contributed by atoms with E-state index in [1.165, 1.54) is 27.6 Å². The Kier molecular flexibility index (Phi) is 6.99. The van der Waals surface area contributed by atoms with Gasteiger partial charge in [-0.25, -0.2) is 0 Å². The van der Waals surface area contributed by atoms with Gasteiger partial charge < -0.3 is 4.57 Å². The van der Waals surface area contributed by atoms with Gasteiger partial charge in [0, 0.05) is 73.8 Å². The average molecular weight is 449 g/mol. The van der Waals surface area contributed by atoms with E-state index in [1.807, 2.05) is 20.8 Å². The van der Waals surface area contributed by atoms with Gasteiger partial charge in [-0.05, 0) is 42.7 Å². The molecule has 1 aromatic heterocycles. The zero-order valence-electron chi connectivity index (χ0n) is 20.4. The lowest BCUT2D eigenvalue weighted by atomic mass is 9.78. The molecule has 33 heavy (non-hydrogen) atoms. The second-order valence-corrected chi connectivity index (χ2v) is 9.82. The number of Topliss-reactive ketones (excluding diaryl/α,β-unsaturated/α-hetero) is 3. The molecule has 176 valence electrons. The van der Waals surface area contributed by atoms with Crippen molar-refractivity contribution in [3.63, 3.8) is 0 Å². The van der Waals surface area contributed by atoms with Crippen molar-refractivity contribution in [1.82, 2.24) is 9.47 Å². The number of ketones is 3. The summed E-state index contributed by atoms with van der Waals surface area (Å²) in [5.41, 5.74) is 5.03. The van der Waals surface area contributed by atoms with E-state index in [-0.39, 0.29) is 29.4 Å². The van der Waals surface area contributed by atoms with Crippen LogP contribution in [0.4, 0.5) is 0 Å². The molecule has 0 spiro atoms. The smallest absolute Gasteiger partial charge is 0.141 e. The summed E-state index contributed by atoms with van der Waals surface area (Å²) < 4.78 is 2.30. The fraction of sp³-hybridized carbons (Fsp3) is 0.536. The van der Waals surface area contributed by atoms with E-state index in [0.29, 0.717) is 38.0 Å². The van der Waals surface area contributed by atoms with Crippen LogP contribution >= 0.6 is 0 Å². The third kappa shape index (κ3) is 4.61. The molecule has 3 atom stereocenters. The minimum Gasteiger partial charge on any atom is -0.347 e. The molecule has 1 aliphatic heterocycles. The number of carbonyl (C=O) groups excluding carboxylic acids is 3. The summed E-state index contributed by atoms with van der Waals surface area (Å²) in [5, 5.41) is 1.29. The van der Waals surface area contributed by atoms with Crippen molar-refractivity contribution in [1.29, 1.82) is 0 Å². The van der Waals surface area contributed by atoms with Crippen LogP contribution in [0.15, 0.2) is 30.5 Å². The molecule has 0 radical (unpaired) electrons. The van der Waals surface area contributed by atoms with Crippen LogP contribution in [0, 0.1) is 11.8 Å². The molecular formula is C28H36N2O3. The largest absolute Gasteiger partial charge is 0.347 e. The minimum atomic E-state index is -0.209. The molecule has 0 saturated heterocycles. The quantitative estimate of drug-likeness (QED) is 0.522. The summed E-state index contributed by atoms with van der Waals surface area (Å²) in [6.07, 6.45) is 8.29. The van der Waals surface area contributed by atoms with E-state index in [0.717, 1.165) is 19.4 Å². The molecule has 5 nitrogen and oxygen atoms in total. The van der Waals surface area contributed by atoms with Gasteiger partial charge in [-0.2, -0.15) is 0 Å². The van der Waals surface area contributed by atoms with Crippen molar-refractivity contribution in [2.75, 3.05) is 13.6 Å². The van der Waals surface area contributed by atoms with Crippen LogP contribution < -0.4 is 0 Å².